The van der Waals surface area contributed by atoms with Gasteiger partial charge >= 0.3 is 0 Å². The van der Waals surface area contributed by atoms with Gasteiger partial charge in [-0.2, -0.15) is 0 Å². The second-order valence-corrected chi connectivity index (χ2v) is 4.00. The molecule has 1 atom stereocenters. The maximum absolute atomic E-state index is 4.29. The van der Waals surface area contributed by atoms with Gasteiger partial charge in [0.25, 0.3) is 0 Å². The number of nitrogens with zero attached hydrogens (tertiary/aromatic N) is 2. The summed E-state index contributed by atoms with van der Waals surface area (Å²) in [6.07, 6.45) is 5.59. The third-order valence-corrected chi connectivity index (χ3v) is 2.74. The molecule has 0 amide bonds. The number of nitrogens with one attached hydrogen (secondary N) is 2. The third-order valence-electron chi connectivity index (χ3n) is 2.74. The lowest BCUT2D eigenvalue weighted by Gasteiger charge is -2.10. The maximum Gasteiger partial charge on any atom is 0.129 e. The van der Waals surface area contributed by atoms with Gasteiger partial charge in [-0.3, -0.25) is 0 Å². The highest BCUT2D eigenvalue weighted by Gasteiger charge is 2.12. The monoisotopic (exact) mass is 206 g/mol. The van der Waals surface area contributed by atoms with Gasteiger partial charge in [0.1, 0.15) is 11.6 Å². The van der Waals surface area contributed by atoms with E-state index in [0.717, 1.165) is 18.2 Å². The highest BCUT2D eigenvalue weighted by atomic mass is 15.0. The van der Waals surface area contributed by atoms with Gasteiger partial charge in [0, 0.05) is 18.8 Å². The Kier molecular flexibility index (Phi) is 3.50. The van der Waals surface area contributed by atoms with E-state index in [2.05, 4.69) is 20.6 Å². The van der Waals surface area contributed by atoms with Crippen molar-refractivity contribution in [3.05, 3.63) is 18.1 Å². The molecular weight excluding hydrogens is 188 g/mol. The topological polar surface area (TPSA) is 49.8 Å². The molecule has 4 nitrogen and oxygen atoms in total. The van der Waals surface area contributed by atoms with Crippen LogP contribution in [0.2, 0.25) is 0 Å². The fraction of sp³-hybridized carbons (Fsp3) is 0.636. The highest BCUT2D eigenvalue weighted by molar-refractivity contribution is 5.32. The van der Waals surface area contributed by atoms with E-state index >= 15 is 0 Å². The fourth-order valence-corrected chi connectivity index (χ4v) is 1.93. The number of aryl methyl sites for hydroxylation is 1. The number of hydrogen-bond acceptors (Lipinski definition) is 4. The number of anilines is 1. The molecular formula is C11H18N4. The lowest BCUT2D eigenvalue weighted by molar-refractivity contribution is 0.574. The first kappa shape index (κ1) is 10.4. The Morgan fingerprint density at radius 3 is 3.27 bits per heavy atom. The SMILES string of the molecule is Cc1nccc(NCC[C@@H]2CCCN2)n1. The Bertz CT molecular complexity index is 307. The molecule has 0 radical (unpaired) electrons. The summed E-state index contributed by atoms with van der Waals surface area (Å²) in [5.41, 5.74) is 0. The maximum atomic E-state index is 4.29. The van der Waals surface area contributed by atoms with Crippen LogP contribution < -0.4 is 10.6 Å². The molecule has 2 heterocycles. The molecule has 2 rings (SSSR count). The molecule has 1 aromatic rings. The van der Waals surface area contributed by atoms with Gasteiger partial charge in [0.15, 0.2) is 0 Å². The second-order valence-electron chi connectivity index (χ2n) is 4.00. The first-order valence-electron chi connectivity index (χ1n) is 5.61. The summed E-state index contributed by atoms with van der Waals surface area (Å²) in [6.45, 7) is 4.06. The molecule has 0 saturated carbocycles. The predicted octanol–water partition coefficient (Wildman–Crippen LogP) is 1.34. The van der Waals surface area contributed by atoms with Crippen LogP contribution in [0.5, 0.6) is 0 Å². The van der Waals surface area contributed by atoms with Crippen LogP contribution in [0.3, 0.4) is 0 Å². The molecule has 1 fully saturated rings. The Labute approximate surface area is 90.5 Å². The molecule has 1 aliphatic heterocycles. The van der Waals surface area contributed by atoms with Gasteiger partial charge in [-0.1, -0.05) is 0 Å². The summed E-state index contributed by atoms with van der Waals surface area (Å²) in [5, 5.41) is 6.80. The molecule has 2 N–H and O–H groups in total. The Morgan fingerprint density at radius 1 is 1.60 bits per heavy atom. The van der Waals surface area contributed by atoms with Crippen molar-refractivity contribution in [1.29, 1.82) is 0 Å². The van der Waals surface area contributed by atoms with Crippen LogP contribution in [0.15, 0.2) is 12.3 Å². The minimum atomic E-state index is 0.695. The molecule has 0 unspecified atom stereocenters. The van der Waals surface area contributed by atoms with Crippen LogP contribution >= 0.6 is 0 Å². The van der Waals surface area contributed by atoms with Crippen molar-refractivity contribution in [2.75, 3.05) is 18.4 Å². The van der Waals surface area contributed by atoms with E-state index < -0.39 is 0 Å². The van der Waals surface area contributed by atoms with Crippen LogP contribution in [0.25, 0.3) is 0 Å². The molecule has 0 aromatic carbocycles. The van der Waals surface area contributed by atoms with Crippen LogP contribution in [0.1, 0.15) is 25.1 Å². The quantitative estimate of drug-likeness (QED) is 0.780. The van der Waals surface area contributed by atoms with E-state index in [0.29, 0.717) is 6.04 Å². The number of aromatic nitrogens is 2. The van der Waals surface area contributed by atoms with Crippen LogP contribution in [0, 0.1) is 6.92 Å². The van der Waals surface area contributed by atoms with Crippen molar-refractivity contribution in [2.45, 2.75) is 32.2 Å². The van der Waals surface area contributed by atoms with Gasteiger partial charge in [-0.15, -0.1) is 0 Å². The summed E-state index contributed by atoms with van der Waals surface area (Å²) >= 11 is 0. The van der Waals surface area contributed by atoms with Gasteiger partial charge in [0.2, 0.25) is 0 Å². The standard InChI is InChI=1S/C11H18N4/c1-9-12-8-5-11(15-9)14-7-4-10-3-2-6-13-10/h5,8,10,13H,2-4,6-7H2,1H3,(H,12,14,15)/t10-/m0/s1. The molecule has 82 valence electrons. The minimum Gasteiger partial charge on any atom is -0.370 e. The van der Waals surface area contributed by atoms with E-state index in [4.69, 9.17) is 0 Å². The summed E-state index contributed by atoms with van der Waals surface area (Å²) in [4.78, 5) is 8.36. The molecule has 4 heteroatoms. The lowest BCUT2D eigenvalue weighted by atomic mass is 10.1. The van der Waals surface area contributed by atoms with E-state index in [9.17, 15) is 0 Å². The van der Waals surface area contributed by atoms with Gasteiger partial charge in [-0.05, 0) is 38.8 Å². The number of rotatable bonds is 4. The molecule has 0 spiro atoms. The lowest BCUT2D eigenvalue weighted by Crippen LogP contribution is -2.24. The second kappa shape index (κ2) is 5.07. The van der Waals surface area contributed by atoms with Crippen molar-refractivity contribution >= 4 is 5.82 Å². The molecule has 15 heavy (non-hydrogen) atoms. The van der Waals surface area contributed by atoms with E-state index in [1.165, 1.54) is 25.8 Å². The van der Waals surface area contributed by atoms with Crippen molar-refractivity contribution in [1.82, 2.24) is 15.3 Å². The Hall–Kier alpha value is -1.16. The Balaban J connectivity index is 1.73. The minimum absolute atomic E-state index is 0.695. The first-order chi connectivity index (χ1) is 7.34. The van der Waals surface area contributed by atoms with Gasteiger partial charge in [0.05, 0.1) is 0 Å². The first-order valence-corrected chi connectivity index (χ1v) is 5.61. The van der Waals surface area contributed by atoms with E-state index in [1.807, 2.05) is 13.0 Å². The molecule has 0 aliphatic carbocycles. The van der Waals surface area contributed by atoms with Crippen molar-refractivity contribution < 1.29 is 0 Å². The number of hydrogen-bond donors (Lipinski definition) is 2. The largest absolute Gasteiger partial charge is 0.370 e. The van der Waals surface area contributed by atoms with Crippen molar-refractivity contribution in [3.8, 4) is 0 Å². The normalized spacial score (nSPS) is 20.5. The average Bonchev–Trinajstić information content (AvgIpc) is 2.71. The predicted molar refractivity (Wildman–Crippen MR) is 60.9 cm³/mol. The zero-order chi connectivity index (χ0) is 10.5. The molecule has 1 aromatic heterocycles. The fourth-order valence-electron chi connectivity index (χ4n) is 1.93. The van der Waals surface area contributed by atoms with Crippen molar-refractivity contribution in [3.63, 3.8) is 0 Å². The van der Waals surface area contributed by atoms with Gasteiger partial charge in [-0.25, -0.2) is 9.97 Å². The Morgan fingerprint density at radius 2 is 2.53 bits per heavy atom. The summed E-state index contributed by atoms with van der Waals surface area (Å²) in [7, 11) is 0. The highest BCUT2D eigenvalue weighted by Crippen LogP contribution is 2.09. The smallest absolute Gasteiger partial charge is 0.129 e. The van der Waals surface area contributed by atoms with Crippen LogP contribution in [-0.4, -0.2) is 29.1 Å². The summed E-state index contributed by atoms with van der Waals surface area (Å²) in [5.74, 6) is 1.75. The van der Waals surface area contributed by atoms with Crippen LogP contribution in [0.4, 0.5) is 5.82 Å². The summed E-state index contributed by atoms with van der Waals surface area (Å²) in [6, 6.07) is 2.61. The zero-order valence-electron chi connectivity index (χ0n) is 9.16. The summed E-state index contributed by atoms with van der Waals surface area (Å²) < 4.78 is 0. The van der Waals surface area contributed by atoms with Gasteiger partial charge < -0.3 is 10.6 Å². The zero-order valence-corrected chi connectivity index (χ0v) is 9.16. The molecule has 1 aliphatic rings. The molecule has 1 saturated heterocycles. The third kappa shape index (κ3) is 3.16. The average molecular weight is 206 g/mol. The van der Waals surface area contributed by atoms with E-state index in [-0.39, 0.29) is 0 Å². The molecule has 0 bridgehead atoms. The van der Waals surface area contributed by atoms with E-state index in [1.54, 1.807) is 6.20 Å². The van der Waals surface area contributed by atoms with Crippen LogP contribution in [-0.2, 0) is 0 Å². The van der Waals surface area contributed by atoms with Crippen molar-refractivity contribution in [2.24, 2.45) is 0 Å².